The molecule has 0 aliphatic carbocycles. The third-order valence-corrected chi connectivity index (χ3v) is 4.59. The van der Waals surface area contributed by atoms with Crippen molar-refractivity contribution in [2.45, 2.75) is 26.1 Å². The number of rotatable bonds is 5. The van der Waals surface area contributed by atoms with Crippen molar-refractivity contribution in [2.75, 3.05) is 45.2 Å². The van der Waals surface area contributed by atoms with Crippen molar-refractivity contribution in [3.05, 3.63) is 30.5 Å². The number of morpholine rings is 1. The number of anilines is 1. The van der Waals surface area contributed by atoms with E-state index in [1.165, 1.54) is 5.69 Å². The highest BCUT2D eigenvalue weighted by Crippen LogP contribution is 2.30. The molecule has 0 amide bonds. The fraction of sp³-hybridized carbons (Fsp3) is 0.526. The van der Waals surface area contributed by atoms with Crippen LogP contribution in [0.2, 0.25) is 0 Å². The van der Waals surface area contributed by atoms with Crippen LogP contribution in [-0.4, -0.2) is 62.4 Å². The van der Waals surface area contributed by atoms with E-state index in [9.17, 15) is 0 Å². The maximum atomic E-state index is 5.81. The molecule has 3 rings (SSSR count). The highest BCUT2D eigenvalue weighted by atomic mass is 16.5. The summed E-state index contributed by atoms with van der Waals surface area (Å²) in [4.78, 5) is 9.27. The monoisotopic (exact) mass is 329 g/mol. The Balaban J connectivity index is 1.73. The molecule has 5 nitrogen and oxygen atoms in total. The Bertz CT molecular complexity index is 681. The van der Waals surface area contributed by atoms with Gasteiger partial charge in [0.1, 0.15) is 11.3 Å². The SMILES string of the molecule is COc1cccc2c(N(C)CCN3C[C@@H](C)O[C@@H](C)C3)ccnc12. The predicted octanol–water partition coefficient (Wildman–Crippen LogP) is 2.79. The molecule has 2 atom stereocenters. The van der Waals surface area contributed by atoms with E-state index < -0.39 is 0 Å². The van der Waals surface area contributed by atoms with E-state index in [4.69, 9.17) is 9.47 Å². The molecule has 24 heavy (non-hydrogen) atoms. The van der Waals surface area contributed by atoms with E-state index in [0.717, 1.165) is 42.8 Å². The standard InChI is InChI=1S/C19H27N3O2/c1-14-12-22(13-15(2)24-14)11-10-21(3)17-8-9-20-19-16(17)6-5-7-18(19)23-4/h5-9,14-15H,10-13H2,1-4H3/t14-,15+. The highest BCUT2D eigenvalue weighted by molar-refractivity contribution is 5.95. The average Bonchev–Trinajstić information content (AvgIpc) is 2.57. The summed E-state index contributed by atoms with van der Waals surface area (Å²) in [5, 5.41) is 1.13. The quantitative estimate of drug-likeness (QED) is 0.843. The van der Waals surface area contributed by atoms with Gasteiger partial charge < -0.3 is 14.4 Å². The summed E-state index contributed by atoms with van der Waals surface area (Å²) in [6.07, 6.45) is 2.48. The minimum absolute atomic E-state index is 0.310. The number of hydrogen-bond donors (Lipinski definition) is 0. The molecule has 0 bridgehead atoms. The van der Waals surface area contributed by atoms with E-state index in [1.807, 2.05) is 18.3 Å². The summed E-state index contributed by atoms with van der Waals surface area (Å²) < 4.78 is 11.3. The van der Waals surface area contributed by atoms with Crippen LogP contribution >= 0.6 is 0 Å². The van der Waals surface area contributed by atoms with Gasteiger partial charge in [0.05, 0.1) is 19.3 Å². The molecule has 1 aliphatic heterocycles. The van der Waals surface area contributed by atoms with Gasteiger partial charge in [0.2, 0.25) is 0 Å². The van der Waals surface area contributed by atoms with Crippen molar-refractivity contribution in [3.8, 4) is 5.75 Å². The van der Waals surface area contributed by atoms with Crippen LogP contribution in [0, 0.1) is 0 Å². The van der Waals surface area contributed by atoms with Crippen molar-refractivity contribution >= 4 is 16.6 Å². The molecular weight excluding hydrogens is 302 g/mol. The number of fused-ring (bicyclic) bond motifs is 1. The number of aromatic nitrogens is 1. The number of methoxy groups -OCH3 is 1. The third kappa shape index (κ3) is 3.62. The molecule has 2 aromatic rings. The Morgan fingerprint density at radius 2 is 2.00 bits per heavy atom. The minimum Gasteiger partial charge on any atom is -0.494 e. The van der Waals surface area contributed by atoms with Gasteiger partial charge in [-0.1, -0.05) is 12.1 Å². The second kappa shape index (κ2) is 7.36. The van der Waals surface area contributed by atoms with Crippen molar-refractivity contribution in [1.82, 2.24) is 9.88 Å². The molecular formula is C19H27N3O2. The lowest BCUT2D eigenvalue weighted by Crippen LogP contribution is -2.47. The van der Waals surface area contributed by atoms with Crippen LogP contribution in [0.25, 0.3) is 10.9 Å². The van der Waals surface area contributed by atoms with E-state index in [0.29, 0.717) is 12.2 Å². The maximum Gasteiger partial charge on any atom is 0.145 e. The van der Waals surface area contributed by atoms with Gasteiger partial charge >= 0.3 is 0 Å². The van der Waals surface area contributed by atoms with E-state index in [-0.39, 0.29) is 0 Å². The first-order valence-corrected chi connectivity index (χ1v) is 8.59. The molecule has 1 saturated heterocycles. The van der Waals surface area contributed by atoms with Gasteiger partial charge in [-0.15, -0.1) is 0 Å². The largest absolute Gasteiger partial charge is 0.494 e. The number of ether oxygens (including phenoxy) is 2. The lowest BCUT2D eigenvalue weighted by Gasteiger charge is -2.36. The third-order valence-electron chi connectivity index (χ3n) is 4.59. The zero-order valence-electron chi connectivity index (χ0n) is 15.0. The van der Waals surface area contributed by atoms with Gasteiger partial charge in [-0.05, 0) is 26.0 Å². The molecule has 0 unspecified atom stereocenters. The van der Waals surface area contributed by atoms with Crippen LogP contribution in [0.15, 0.2) is 30.5 Å². The van der Waals surface area contributed by atoms with Crippen molar-refractivity contribution in [3.63, 3.8) is 0 Å². The zero-order valence-corrected chi connectivity index (χ0v) is 15.0. The Hall–Kier alpha value is -1.85. The Morgan fingerprint density at radius 3 is 2.71 bits per heavy atom. The number of para-hydroxylation sites is 1. The Kier molecular flexibility index (Phi) is 5.21. The predicted molar refractivity (Wildman–Crippen MR) is 98.0 cm³/mol. The second-order valence-corrected chi connectivity index (χ2v) is 6.62. The van der Waals surface area contributed by atoms with Crippen LogP contribution in [0.5, 0.6) is 5.75 Å². The van der Waals surface area contributed by atoms with Gasteiger partial charge in [0.25, 0.3) is 0 Å². The smallest absolute Gasteiger partial charge is 0.145 e. The molecule has 0 N–H and O–H groups in total. The van der Waals surface area contributed by atoms with Gasteiger partial charge in [0.15, 0.2) is 0 Å². The maximum absolute atomic E-state index is 5.81. The summed E-state index contributed by atoms with van der Waals surface area (Å²) >= 11 is 0. The number of pyridine rings is 1. The molecule has 2 heterocycles. The van der Waals surface area contributed by atoms with Crippen LogP contribution in [0.3, 0.4) is 0 Å². The normalized spacial score (nSPS) is 21.8. The van der Waals surface area contributed by atoms with E-state index >= 15 is 0 Å². The molecule has 1 aromatic heterocycles. The first kappa shape index (κ1) is 17.0. The molecule has 1 aromatic carbocycles. The van der Waals surface area contributed by atoms with Crippen LogP contribution in [0.4, 0.5) is 5.69 Å². The molecule has 1 fully saturated rings. The fourth-order valence-electron chi connectivity index (χ4n) is 3.51. The summed E-state index contributed by atoms with van der Waals surface area (Å²) in [5.74, 6) is 0.818. The van der Waals surface area contributed by atoms with Crippen molar-refractivity contribution < 1.29 is 9.47 Å². The van der Waals surface area contributed by atoms with Crippen molar-refractivity contribution in [1.29, 1.82) is 0 Å². The summed E-state index contributed by atoms with van der Waals surface area (Å²) in [7, 11) is 3.83. The van der Waals surface area contributed by atoms with Gasteiger partial charge in [-0.2, -0.15) is 0 Å². The number of nitrogens with zero attached hydrogens (tertiary/aromatic N) is 3. The van der Waals surface area contributed by atoms with E-state index in [2.05, 4.69) is 47.8 Å². The molecule has 1 aliphatic rings. The first-order valence-electron chi connectivity index (χ1n) is 8.59. The van der Waals surface area contributed by atoms with Crippen molar-refractivity contribution in [2.24, 2.45) is 0 Å². The fourth-order valence-corrected chi connectivity index (χ4v) is 3.51. The van der Waals surface area contributed by atoms with E-state index in [1.54, 1.807) is 7.11 Å². The number of benzene rings is 1. The van der Waals surface area contributed by atoms with Crippen LogP contribution < -0.4 is 9.64 Å². The number of hydrogen-bond acceptors (Lipinski definition) is 5. The second-order valence-electron chi connectivity index (χ2n) is 6.62. The topological polar surface area (TPSA) is 37.8 Å². The van der Waals surface area contributed by atoms with Gasteiger partial charge in [-0.3, -0.25) is 9.88 Å². The number of likely N-dealkylation sites (N-methyl/N-ethyl adjacent to an activating group) is 1. The first-order chi connectivity index (χ1) is 11.6. The molecule has 5 heteroatoms. The Morgan fingerprint density at radius 1 is 1.25 bits per heavy atom. The van der Waals surface area contributed by atoms with Crippen LogP contribution in [-0.2, 0) is 4.74 Å². The van der Waals surface area contributed by atoms with Gasteiger partial charge in [-0.25, -0.2) is 0 Å². The molecule has 0 spiro atoms. The summed E-state index contributed by atoms with van der Waals surface area (Å²) in [5.41, 5.74) is 2.10. The Labute approximate surface area is 144 Å². The summed E-state index contributed by atoms with van der Waals surface area (Å²) in [6, 6.07) is 8.16. The average molecular weight is 329 g/mol. The lowest BCUT2D eigenvalue weighted by molar-refractivity contribution is -0.0670. The summed E-state index contributed by atoms with van der Waals surface area (Å²) in [6.45, 7) is 8.30. The molecule has 0 radical (unpaired) electrons. The lowest BCUT2D eigenvalue weighted by atomic mass is 10.1. The molecule has 130 valence electrons. The minimum atomic E-state index is 0.310. The highest BCUT2D eigenvalue weighted by Gasteiger charge is 2.22. The van der Waals surface area contributed by atoms with Crippen LogP contribution in [0.1, 0.15) is 13.8 Å². The molecule has 0 saturated carbocycles. The van der Waals surface area contributed by atoms with Gasteiger partial charge in [0, 0.05) is 50.5 Å². The zero-order chi connectivity index (χ0) is 17.1.